The van der Waals surface area contributed by atoms with Crippen LogP contribution in [0.1, 0.15) is 17.4 Å². The van der Waals surface area contributed by atoms with E-state index in [1.54, 1.807) is 31.2 Å². The Kier molecular flexibility index (Phi) is 3.92. The summed E-state index contributed by atoms with van der Waals surface area (Å²) in [5.74, 6) is -1.39. The van der Waals surface area contributed by atoms with Crippen LogP contribution in [0.4, 0.5) is 8.78 Å². The first kappa shape index (κ1) is 15.3. The van der Waals surface area contributed by atoms with E-state index < -0.39 is 17.7 Å². The Labute approximate surface area is 130 Å². The zero-order chi connectivity index (χ0) is 16.6. The van der Waals surface area contributed by atoms with E-state index in [1.807, 2.05) is 0 Å². The lowest BCUT2D eigenvalue weighted by Gasteiger charge is -2.14. The van der Waals surface area contributed by atoms with Crippen molar-refractivity contribution < 1.29 is 13.9 Å². The SMILES string of the molecule is Cc1nn(CC(O)c2cc(F)ccc2F)c(=O)c2ccccc12. The number of aryl methyl sites for hydroxylation is 1. The Morgan fingerprint density at radius 2 is 1.87 bits per heavy atom. The molecule has 3 rings (SSSR count). The molecule has 1 N–H and O–H groups in total. The van der Waals surface area contributed by atoms with Crippen molar-refractivity contribution in [2.75, 3.05) is 0 Å². The minimum absolute atomic E-state index is 0.204. The van der Waals surface area contributed by atoms with Crippen LogP contribution in [0.25, 0.3) is 10.8 Å². The summed E-state index contributed by atoms with van der Waals surface area (Å²) < 4.78 is 28.0. The molecule has 2 aromatic carbocycles. The predicted molar refractivity (Wildman–Crippen MR) is 82.1 cm³/mol. The lowest BCUT2D eigenvalue weighted by Crippen LogP contribution is -2.27. The molecule has 23 heavy (non-hydrogen) atoms. The van der Waals surface area contributed by atoms with E-state index in [9.17, 15) is 18.7 Å². The monoisotopic (exact) mass is 316 g/mol. The second kappa shape index (κ2) is 5.89. The zero-order valence-corrected chi connectivity index (χ0v) is 12.3. The summed E-state index contributed by atoms with van der Waals surface area (Å²) in [5, 5.41) is 15.5. The number of aromatic nitrogens is 2. The van der Waals surface area contributed by atoms with Gasteiger partial charge in [0.15, 0.2) is 0 Å². The van der Waals surface area contributed by atoms with Crippen LogP contribution in [0.5, 0.6) is 0 Å². The van der Waals surface area contributed by atoms with Gasteiger partial charge in [-0.2, -0.15) is 5.10 Å². The van der Waals surface area contributed by atoms with E-state index in [0.29, 0.717) is 11.1 Å². The molecule has 0 aliphatic carbocycles. The Morgan fingerprint density at radius 1 is 1.17 bits per heavy atom. The molecule has 0 fully saturated rings. The van der Waals surface area contributed by atoms with Gasteiger partial charge in [-0.15, -0.1) is 0 Å². The van der Waals surface area contributed by atoms with Crippen molar-refractivity contribution in [1.82, 2.24) is 9.78 Å². The highest BCUT2D eigenvalue weighted by molar-refractivity contribution is 5.83. The molecule has 118 valence electrons. The molecule has 0 aliphatic heterocycles. The van der Waals surface area contributed by atoms with Crippen molar-refractivity contribution in [2.45, 2.75) is 19.6 Å². The summed E-state index contributed by atoms with van der Waals surface area (Å²) in [6.07, 6.45) is -1.38. The number of fused-ring (bicyclic) bond motifs is 1. The maximum Gasteiger partial charge on any atom is 0.274 e. The molecule has 0 bridgehead atoms. The van der Waals surface area contributed by atoms with Crippen LogP contribution in [0.2, 0.25) is 0 Å². The molecule has 1 aromatic heterocycles. The van der Waals surface area contributed by atoms with E-state index >= 15 is 0 Å². The predicted octanol–water partition coefficient (Wildman–Crippen LogP) is 2.72. The highest BCUT2D eigenvalue weighted by Crippen LogP contribution is 2.20. The molecule has 6 heteroatoms. The Bertz CT molecular complexity index is 938. The van der Waals surface area contributed by atoms with E-state index in [4.69, 9.17) is 0 Å². The van der Waals surface area contributed by atoms with E-state index in [1.165, 1.54) is 0 Å². The minimum atomic E-state index is -1.38. The number of aliphatic hydroxyl groups is 1. The third kappa shape index (κ3) is 2.85. The highest BCUT2D eigenvalue weighted by atomic mass is 19.1. The van der Waals surface area contributed by atoms with Gasteiger partial charge in [0, 0.05) is 10.9 Å². The van der Waals surface area contributed by atoms with Crippen molar-refractivity contribution in [2.24, 2.45) is 0 Å². The summed E-state index contributed by atoms with van der Waals surface area (Å²) in [6, 6.07) is 9.81. The molecular weight excluding hydrogens is 302 g/mol. The molecule has 0 spiro atoms. The van der Waals surface area contributed by atoms with Gasteiger partial charge < -0.3 is 5.11 Å². The van der Waals surface area contributed by atoms with Crippen LogP contribution in [-0.4, -0.2) is 14.9 Å². The maximum absolute atomic E-state index is 13.7. The van der Waals surface area contributed by atoms with Gasteiger partial charge in [0.2, 0.25) is 0 Å². The maximum atomic E-state index is 13.7. The lowest BCUT2D eigenvalue weighted by atomic mass is 10.1. The molecule has 1 unspecified atom stereocenters. The first-order chi connectivity index (χ1) is 11.0. The first-order valence-corrected chi connectivity index (χ1v) is 7.07. The van der Waals surface area contributed by atoms with E-state index in [-0.39, 0.29) is 17.7 Å². The smallest absolute Gasteiger partial charge is 0.274 e. The quantitative estimate of drug-likeness (QED) is 0.808. The largest absolute Gasteiger partial charge is 0.386 e. The fourth-order valence-corrected chi connectivity index (χ4v) is 2.56. The number of benzene rings is 2. The number of nitrogens with zero attached hydrogens (tertiary/aromatic N) is 2. The molecule has 3 aromatic rings. The molecular formula is C17H14F2N2O2. The molecule has 0 saturated heterocycles. The average molecular weight is 316 g/mol. The van der Waals surface area contributed by atoms with Gasteiger partial charge in [0.1, 0.15) is 17.7 Å². The zero-order valence-electron chi connectivity index (χ0n) is 12.3. The average Bonchev–Trinajstić information content (AvgIpc) is 2.54. The van der Waals surface area contributed by atoms with Gasteiger partial charge in [-0.05, 0) is 31.2 Å². The molecule has 0 saturated carbocycles. The highest BCUT2D eigenvalue weighted by Gasteiger charge is 2.17. The fourth-order valence-electron chi connectivity index (χ4n) is 2.56. The number of hydrogen-bond acceptors (Lipinski definition) is 3. The Hall–Kier alpha value is -2.60. The summed E-state index contributed by atoms with van der Waals surface area (Å²) in [4.78, 5) is 12.4. The summed E-state index contributed by atoms with van der Waals surface area (Å²) in [7, 11) is 0. The number of rotatable bonds is 3. The van der Waals surface area contributed by atoms with Crippen LogP contribution in [0.15, 0.2) is 47.3 Å². The van der Waals surface area contributed by atoms with Gasteiger partial charge in [-0.1, -0.05) is 18.2 Å². The van der Waals surface area contributed by atoms with Crippen molar-refractivity contribution in [3.05, 3.63) is 75.7 Å². The third-order valence-corrected chi connectivity index (χ3v) is 3.72. The van der Waals surface area contributed by atoms with Gasteiger partial charge in [-0.3, -0.25) is 4.79 Å². The van der Waals surface area contributed by atoms with Gasteiger partial charge in [0.25, 0.3) is 5.56 Å². The molecule has 1 heterocycles. The van der Waals surface area contributed by atoms with Crippen molar-refractivity contribution in [1.29, 1.82) is 0 Å². The van der Waals surface area contributed by atoms with E-state index in [2.05, 4.69) is 5.10 Å². The van der Waals surface area contributed by atoms with Crippen molar-refractivity contribution in [3.8, 4) is 0 Å². The number of hydrogen-bond donors (Lipinski definition) is 1. The fraction of sp³-hybridized carbons (Fsp3) is 0.176. The second-order valence-electron chi connectivity index (χ2n) is 5.30. The van der Waals surface area contributed by atoms with Crippen LogP contribution < -0.4 is 5.56 Å². The molecule has 4 nitrogen and oxygen atoms in total. The standard InChI is InChI=1S/C17H14F2N2O2/c1-10-12-4-2-3-5-13(12)17(23)21(20-10)9-16(22)14-8-11(18)6-7-15(14)19/h2-8,16,22H,9H2,1H3. The third-order valence-electron chi connectivity index (χ3n) is 3.72. The van der Waals surface area contributed by atoms with Crippen LogP contribution in [0.3, 0.4) is 0 Å². The minimum Gasteiger partial charge on any atom is -0.386 e. The van der Waals surface area contributed by atoms with Gasteiger partial charge in [0.05, 0.1) is 17.6 Å². The topological polar surface area (TPSA) is 55.1 Å². The summed E-state index contributed by atoms with van der Waals surface area (Å²) >= 11 is 0. The molecule has 1 atom stereocenters. The Morgan fingerprint density at radius 3 is 2.61 bits per heavy atom. The molecule has 0 amide bonds. The molecule has 0 radical (unpaired) electrons. The lowest BCUT2D eigenvalue weighted by molar-refractivity contribution is 0.144. The van der Waals surface area contributed by atoms with Crippen LogP contribution in [0, 0.1) is 18.6 Å². The normalized spacial score (nSPS) is 12.5. The second-order valence-corrected chi connectivity index (χ2v) is 5.30. The summed E-state index contributed by atoms with van der Waals surface area (Å²) in [5.41, 5.74) is 0.0266. The van der Waals surface area contributed by atoms with Crippen molar-refractivity contribution in [3.63, 3.8) is 0 Å². The molecule has 0 aliphatic rings. The van der Waals surface area contributed by atoms with Gasteiger partial charge in [-0.25, -0.2) is 13.5 Å². The number of aliphatic hydroxyl groups excluding tert-OH is 1. The number of halogens is 2. The van der Waals surface area contributed by atoms with Crippen LogP contribution in [-0.2, 0) is 6.54 Å². The van der Waals surface area contributed by atoms with Gasteiger partial charge >= 0.3 is 0 Å². The van der Waals surface area contributed by atoms with Crippen molar-refractivity contribution >= 4 is 10.8 Å². The van der Waals surface area contributed by atoms with E-state index in [0.717, 1.165) is 28.3 Å². The Balaban J connectivity index is 2.03. The summed E-state index contributed by atoms with van der Waals surface area (Å²) in [6.45, 7) is 1.48. The van der Waals surface area contributed by atoms with Crippen LogP contribution >= 0.6 is 0 Å². The first-order valence-electron chi connectivity index (χ1n) is 7.07.